The quantitative estimate of drug-likeness (QED) is 0.605. The van der Waals surface area contributed by atoms with E-state index in [1.165, 1.54) is 7.11 Å². The zero-order chi connectivity index (χ0) is 13.8. The van der Waals surface area contributed by atoms with Crippen molar-refractivity contribution in [3.8, 4) is 0 Å². The second kappa shape index (κ2) is 10.7. The molecule has 0 atom stereocenters. The Morgan fingerprint density at radius 1 is 1.29 bits per heavy atom. The van der Waals surface area contributed by atoms with Gasteiger partial charge in [0.15, 0.2) is 0 Å². The van der Waals surface area contributed by atoms with E-state index in [0.29, 0.717) is 5.56 Å². The number of carbonyl (C=O) groups excluding carboxylic acids is 1. The molecule has 0 fully saturated rings. The number of esters is 1. The van der Waals surface area contributed by atoms with Gasteiger partial charge in [0.05, 0.1) is 12.7 Å². The van der Waals surface area contributed by atoms with Crippen LogP contribution in [-0.4, -0.2) is 24.7 Å². The number of carboxylic acid groups (broad SMARTS) is 1. The third-order valence-electron chi connectivity index (χ3n) is 1.79. The van der Waals surface area contributed by atoms with Crippen LogP contribution >= 0.6 is 0 Å². The van der Waals surface area contributed by atoms with Crippen molar-refractivity contribution in [1.29, 1.82) is 0 Å². The lowest BCUT2D eigenvalue weighted by Crippen LogP contribution is -2.03. The highest BCUT2D eigenvalue weighted by atomic mass is 16.5. The second-order valence-electron chi connectivity index (χ2n) is 2.92. The molecule has 1 rings (SSSR count). The average Bonchev–Trinajstić information content (AvgIpc) is 2.32. The number of hydrogen-bond acceptors (Lipinski definition) is 3. The molecule has 0 heterocycles. The van der Waals surface area contributed by atoms with Crippen molar-refractivity contribution in [2.75, 3.05) is 7.11 Å². The maximum absolute atomic E-state index is 11.1. The van der Waals surface area contributed by atoms with E-state index in [2.05, 4.69) is 4.74 Å². The van der Waals surface area contributed by atoms with Crippen LogP contribution < -0.4 is 0 Å². The van der Waals surface area contributed by atoms with Crippen LogP contribution in [0, 0.1) is 13.8 Å². The molecule has 0 saturated carbocycles. The normalized spacial score (nSPS) is 7.82. The van der Waals surface area contributed by atoms with Crippen molar-refractivity contribution in [3.05, 3.63) is 34.9 Å². The minimum absolute atomic E-state index is 0.250. The lowest BCUT2D eigenvalue weighted by molar-refractivity contribution is -0.122. The standard InChI is InChI=1S/C10H12O2.C2H6.CH2O2/c1-7-4-5-9(8(2)6-7)10(11)12-3;1-2;2-1-3/h4-6H,1-3H3;1-2H3;1H,(H,2,3). The number of benzene rings is 1. The summed E-state index contributed by atoms with van der Waals surface area (Å²) in [7, 11) is 1.39. The Balaban J connectivity index is 0. The van der Waals surface area contributed by atoms with Crippen LogP contribution in [0.5, 0.6) is 0 Å². The van der Waals surface area contributed by atoms with Crippen LogP contribution in [0.3, 0.4) is 0 Å². The first-order valence-corrected chi connectivity index (χ1v) is 5.30. The number of rotatable bonds is 1. The fourth-order valence-electron chi connectivity index (χ4n) is 1.15. The molecule has 0 aliphatic carbocycles. The van der Waals surface area contributed by atoms with Crippen LogP contribution in [0.4, 0.5) is 0 Å². The van der Waals surface area contributed by atoms with Crippen molar-refractivity contribution in [2.45, 2.75) is 27.7 Å². The number of aryl methyl sites for hydroxylation is 2. The molecule has 0 spiro atoms. The van der Waals surface area contributed by atoms with E-state index in [-0.39, 0.29) is 12.4 Å². The predicted octanol–water partition coefficient (Wildman–Crippen LogP) is 2.82. The number of ether oxygens (including phenoxy) is 1. The molecule has 96 valence electrons. The number of carbonyl (C=O) groups is 2. The summed E-state index contributed by atoms with van der Waals surface area (Å²) in [6, 6.07) is 5.65. The third kappa shape index (κ3) is 7.11. The minimum Gasteiger partial charge on any atom is -0.483 e. The average molecular weight is 240 g/mol. The minimum atomic E-state index is -0.271. The van der Waals surface area contributed by atoms with Gasteiger partial charge in [-0.05, 0) is 25.5 Å². The van der Waals surface area contributed by atoms with E-state index in [1.807, 2.05) is 39.8 Å². The molecule has 1 aromatic rings. The van der Waals surface area contributed by atoms with E-state index in [0.717, 1.165) is 11.1 Å². The first-order chi connectivity index (χ1) is 8.06. The van der Waals surface area contributed by atoms with Crippen molar-refractivity contribution >= 4 is 12.4 Å². The van der Waals surface area contributed by atoms with Crippen molar-refractivity contribution in [3.63, 3.8) is 0 Å². The highest BCUT2D eigenvalue weighted by molar-refractivity contribution is 5.90. The van der Waals surface area contributed by atoms with Crippen LogP contribution in [0.15, 0.2) is 18.2 Å². The summed E-state index contributed by atoms with van der Waals surface area (Å²) < 4.78 is 4.62. The highest BCUT2D eigenvalue weighted by Crippen LogP contribution is 2.10. The molecule has 0 amide bonds. The van der Waals surface area contributed by atoms with E-state index >= 15 is 0 Å². The van der Waals surface area contributed by atoms with Gasteiger partial charge >= 0.3 is 5.97 Å². The molecular weight excluding hydrogens is 220 g/mol. The maximum atomic E-state index is 11.1. The van der Waals surface area contributed by atoms with E-state index < -0.39 is 0 Å². The van der Waals surface area contributed by atoms with Gasteiger partial charge in [-0.15, -0.1) is 0 Å². The number of methoxy groups -OCH3 is 1. The zero-order valence-corrected chi connectivity index (χ0v) is 11.0. The summed E-state index contributed by atoms with van der Waals surface area (Å²) >= 11 is 0. The predicted molar refractivity (Wildman–Crippen MR) is 67.3 cm³/mol. The number of hydrogen-bond donors (Lipinski definition) is 1. The smallest absolute Gasteiger partial charge is 0.338 e. The van der Waals surface area contributed by atoms with E-state index in [4.69, 9.17) is 9.90 Å². The van der Waals surface area contributed by atoms with Crippen molar-refractivity contribution < 1.29 is 19.4 Å². The van der Waals surface area contributed by atoms with Gasteiger partial charge in [-0.2, -0.15) is 0 Å². The monoisotopic (exact) mass is 240 g/mol. The lowest BCUT2D eigenvalue weighted by atomic mass is 10.1. The first kappa shape index (κ1) is 17.6. The molecule has 0 aliphatic heterocycles. The summed E-state index contributed by atoms with van der Waals surface area (Å²) in [5, 5.41) is 6.89. The Labute approximate surface area is 102 Å². The van der Waals surface area contributed by atoms with Gasteiger partial charge in [0.2, 0.25) is 0 Å². The van der Waals surface area contributed by atoms with Gasteiger partial charge in [-0.25, -0.2) is 4.79 Å². The van der Waals surface area contributed by atoms with Gasteiger partial charge in [-0.3, -0.25) is 4.79 Å². The van der Waals surface area contributed by atoms with Gasteiger partial charge < -0.3 is 9.84 Å². The highest BCUT2D eigenvalue weighted by Gasteiger charge is 2.07. The zero-order valence-electron chi connectivity index (χ0n) is 11.0. The third-order valence-corrected chi connectivity index (χ3v) is 1.79. The summed E-state index contributed by atoms with van der Waals surface area (Å²) in [5.74, 6) is -0.271. The molecule has 0 aromatic heterocycles. The summed E-state index contributed by atoms with van der Waals surface area (Å²) in [4.78, 5) is 19.5. The van der Waals surface area contributed by atoms with Gasteiger partial charge in [0.25, 0.3) is 6.47 Å². The second-order valence-corrected chi connectivity index (χ2v) is 2.92. The molecular formula is C13H20O4. The van der Waals surface area contributed by atoms with Crippen molar-refractivity contribution in [1.82, 2.24) is 0 Å². The molecule has 4 heteroatoms. The molecule has 0 bridgehead atoms. The molecule has 0 radical (unpaired) electrons. The molecule has 17 heavy (non-hydrogen) atoms. The van der Waals surface area contributed by atoms with Gasteiger partial charge in [0.1, 0.15) is 0 Å². The molecule has 4 nitrogen and oxygen atoms in total. The lowest BCUT2D eigenvalue weighted by Gasteiger charge is -2.03. The Kier molecular flexibility index (Phi) is 11.0. The van der Waals surface area contributed by atoms with Crippen LogP contribution in [0.2, 0.25) is 0 Å². The van der Waals surface area contributed by atoms with Gasteiger partial charge in [0, 0.05) is 0 Å². The Morgan fingerprint density at radius 3 is 2.12 bits per heavy atom. The topological polar surface area (TPSA) is 63.6 Å². The molecule has 0 aliphatic rings. The van der Waals surface area contributed by atoms with Gasteiger partial charge in [-0.1, -0.05) is 31.5 Å². The van der Waals surface area contributed by atoms with E-state index in [1.54, 1.807) is 6.07 Å². The summed E-state index contributed by atoms with van der Waals surface area (Å²) in [6.45, 7) is 7.65. The Morgan fingerprint density at radius 2 is 1.76 bits per heavy atom. The Hall–Kier alpha value is -1.84. The van der Waals surface area contributed by atoms with E-state index in [9.17, 15) is 4.79 Å². The van der Waals surface area contributed by atoms with Crippen LogP contribution in [-0.2, 0) is 9.53 Å². The summed E-state index contributed by atoms with van der Waals surface area (Å²) in [6.07, 6.45) is 0. The van der Waals surface area contributed by atoms with Crippen molar-refractivity contribution in [2.24, 2.45) is 0 Å². The Bertz CT molecular complexity index is 345. The fourth-order valence-corrected chi connectivity index (χ4v) is 1.15. The first-order valence-electron chi connectivity index (χ1n) is 5.30. The van der Waals surface area contributed by atoms with Crippen LogP contribution in [0.25, 0.3) is 0 Å². The molecule has 1 N–H and O–H groups in total. The summed E-state index contributed by atoms with van der Waals surface area (Å²) in [5.41, 5.74) is 2.75. The maximum Gasteiger partial charge on any atom is 0.338 e. The largest absolute Gasteiger partial charge is 0.483 e. The fraction of sp³-hybridized carbons (Fsp3) is 0.385. The molecule has 1 aromatic carbocycles. The molecule has 0 saturated heterocycles. The SMILES string of the molecule is CC.COC(=O)c1ccc(C)cc1C.O=CO. The molecule has 0 unspecified atom stereocenters. The van der Waals surface area contributed by atoms with Crippen LogP contribution in [0.1, 0.15) is 35.3 Å².